The molecule has 0 fully saturated rings. The molecule has 0 aliphatic heterocycles. The summed E-state index contributed by atoms with van der Waals surface area (Å²) in [6.07, 6.45) is 0. The molecule has 0 aromatic carbocycles. The summed E-state index contributed by atoms with van der Waals surface area (Å²) in [6, 6.07) is 2.55. The minimum atomic E-state index is -0.527. The van der Waals surface area contributed by atoms with Crippen LogP contribution >= 0.6 is 0 Å². The lowest BCUT2D eigenvalue weighted by atomic mass is 10.3. The molecule has 0 saturated heterocycles. The number of quaternary nitrogens is 1. The molecule has 0 aliphatic carbocycles. The van der Waals surface area contributed by atoms with Crippen molar-refractivity contribution in [3.63, 3.8) is 0 Å². The van der Waals surface area contributed by atoms with Crippen LogP contribution in [0.5, 0.6) is 0 Å². The fraction of sp³-hybridized carbons (Fsp3) is 0.375. The molecule has 1 aromatic rings. The van der Waals surface area contributed by atoms with Gasteiger partial charge in [-0.05, 0) is 13.8 Å². The summed E-state index contributed by atoms with van der Waals surface area (Å²) in [6.45, 7) is 3.62. The van der Waals surface area contributed by atoms with E-state index in [0.29, 0.717) is 12.2 Å². The van der Waals surface area contributed by atoms with Gasteiger partial charge in [-0.2, -0.15) is 0 Å². The van der Waals surface area contributed by atoms with E-state index in [4.69, 9.17) is 0 Å². The molecule has 1 rings (SSSR count). The Balaban J connectivity index is 3.13. The van der Waals surface area contributed by atoms with Gasteiger partial charge in [0.2, 0.25) is 5.82 Å². The number of nitrogens with zero attached hydrogens (tertiary/aromatic N) is 2. The van der Waals surface area contributed by atoms with Gasteiger partial charge in [-0.15, -0.1) is 0 Å². The Morgan fingerprint density at radius 1 is 1.57 bits per heavy atom. The molecule has 1 atom stereocenters. The van der Waals surface area contributed by atoms with Gasteiger partial charge in [0.05, 0.1) is 23.2 Å². The number of nitro groups is 1. The molecule has 1 heterocycles. The zero-order valence-corrected chi connectivity index (χ0v) is 7.98. The third-order valence-corrected chi connectivity index (χ3v) is 1.76. The smallest absolute Gasteiger partial charge is 0.278 e. The molecule has 14 heavy (non-hydrogen) atoms. The highest BCUT2D eigenvalue weighted by molar-refractivity contribution is 5.38. The average Bonchev–Trinajstić information content (AvgIpc) is 2.15. The second-order valence-electron chi connectivity index (χ2n) is 2.89. The van der Waals surface area contributed by atoms with E-state index in [1.807, 2.05) is 0 Å². The number of aryl methyl sites for hydroxylation is 1. The highest BCUT2D eigenvalue weighted by atomic mass is 16.6. The predicted octanol–water partition coefficient (Wildman–Crippen LogP) is 0.332. The quantitative estimate of drug-likeness (QED) is 0.559. The van der Waals surface area contributed by atoms with Crippen LogP contribution in [0, 0.1) is 22.2 Å². The summed E-state index contributed by atoms with van der Waals surface area (Å²) in [5, 5.41) is 21.6. The van der Waals surface area contributed by atoms with Gasteiger partial charge < -0.3 is 10.3 Å². The molecule has 76 valence electrons. The van der Waals surface area contributed by atoms with Crippen LogP contribution in [0.25, 0.3) is 0 Å². The third kappa shape index (κ3) is 2.24. The van der Waals surface area contributed by atoms with Crippen LogP contribution in [0.2, 0.25) is 0 Å². The number of nitrogens with one attached hydrogen (secondary N) is 1. The van der Waals surface area contributed by atoms with Crippen LogP contribution in [-0.2, 0) is 0 Å². The molecule has 6 heteroatoms. The van der Waals surface area contributed by atoms with Crippen molar-refractivity contribution in [1.29, 1.82) is 0 Å². The van der Waals surface area contributed by atoms with Crippen LogP contribution < -0.4 is 5.06 Å². The maximum atomic E-state index is 11.3. The number of hydrogen-bond donors (Lipinski definition) is 1. The minimum Gasteiger partial charge on any atom is -0.628 e. The lowest BCUT2D eigenvalue weighted by Gasteiger charge is -2.17. The Hall–Kier alpha value is -1.53. The van der Waals surface area contributed by atoms with Gasteiger partial charge in [0.25, 0.3) is 5.69 Å². The zero-order valence-electron chi connectivity index (χ0n) is 7.98. The Labute approximate surface area is 80.9 Å². The predicted molar refractivity (Wildman–Crippen MR) is 50.2 cm³/mol. The number of hydrogen-bond acceptors (Lipinski definition) is 4. The van der Waals surface area contributed by atoms with Gasteiger partial charge in [-0.25, -0.2) is 4.98 Å². The van der Waals surface area contributed by atoms with E-state index in [9.17, 15) is 15.3 Å². The van der Waals surface area contributed by atoms with Gasteiger partial charge in [0, 0.05) is 6.07 Å². The van der Waals surface area contributed by atoms with E-state index in [1.165, 1.54) is 12.1 Å². The van der Waals surface area contributed by atoms with E-state index in [-0.39, 0.29) is 16.6 Å². The Kier molecular flexibility index (Phi) is 3.10. The number of rotatable bonds is 3. The molecule has 0 aliphatic rings. The van der Waals surface area contributed by atoms with Crippen LogP contribution in [0.3, 0.4) is 0 Å². The van der Waals surface area contributed by atoms with E-state index in [0.717, 1.165) is 0 Å². The molecular formula is C8H11N3O3. The van der Waals surface area contributed by atoms with Crippen molar-refractivity contribution in [2.45, 2.75) is 13.8 Å². The van der Waals surface area contributed by atoms with Crippen molar-refractivity contribution < 1.29 is 9.99 Å². The molecule has 0 bridgehead atoms. The number of pyridine rings is 1. The molecular weight excluding hydrogens is 186 g/mol. The molecule has 1 aromatic heterocycles. The van der Waals surface area contributed by atoms with Gasteiger partial charge in [-0.3, -0.25) is 10.1 Å². The van der Waals surface area contributed by atoms with Crippen LogP contribution in [0.4, 0.5) is 11.5 Å². The molecule has 0 saturated carbocycles. The standard InChI is InChI=1S/C8H11N3O3/c1-3-10(12)8-5-7(11(13)14)4-6(2)9-8/h4-5,10H,3H2,1-2H3. The lowest BCUT2D eigenvalue weighted by molar-refractivity contribution is -0.776. The first kappa shape index (κ1) is 10.6. The van der Waals surface area contributed by atoms with Crippen molar-refractivity contribution in [3.05, 3.63) is 33.1 Å². The summed E-state index contributed by atoms with van der Waals surface area (Å²) in [5.74, 6) is 0.166. The molecule has 0 spiro atoms. The van der Waals surface area contributed by atoms with Crippen molar-refractivity contribution in [1.82, 2.24) is 4.98 Å². The SMILES string of the molecule is CC[NH+]([O-])c1cc([N+](=O)[O-])cc(C)n1. The van der Waals surface area contributed by atoms with Gasteiger partial charge in [0.15, 0.2) is 0 Å². The summed E-state index contributed by atoms with van der Waals surface area (Å²) < 4.78 is 0. The fourth-order valence-electron chi connectivity index (χ4n) is 1.08. The summed E-state index contributed by atoms with van der Waals surface area (Å²) in [7, 11) is 0. The molecule has 1 unspecified atom stereocenters. The van der Waals surface area contributed by atoms with Crippen LogP contribution in [-0.4, -0.2) is 16.5 Å². The first-order valence-corrected chi connectivity index (χ1v) is 4.21. The minimum absolute atomic E-state index is 0.0886. The van der Waals surface area contributed by atoms with E-state index in [1.54, 1.807) is 13.8 Å². The maximum absolute atomic E-state index is 11.3. The van der Waals surface area contributed by atoms with Crippen molar-refractivity contribution in [2.75, 3.05) is 6.54 Å². The normalized spacial score (nSPS) is 12.5. The molecule has 6 nitrogen and oxygen atoms in total. The Bertz CT molecular complexity index is 354. The van der Waals surface area contributed by atoms with Crippen molar-refractivity contribution in [3.8, 4) is 0 Å². The van der Waals surface area contributed by atoms with E-state index in [2.05, 4.69) is 4.98 Å². The topological polar surface area (TPSA) is 83.5 Å². The maximum Gasteiger partial charge on any atom is 0.278 e. The summed E-state index contributed by atoms with van der Waals surface area (Å²) in [4.78, 5) is 13.9. The van der Waals surface area contributed by atoms with Gasteiger partial charge in [0.1, 0.15) is 0 Å². The monoisotopic (exact) mass is 197 g/mol. The fourth-order valence-corrected chi connectivity index (χ4v) is 1.08. The third-order valence-electron chi connectivity index (χ3n) is 1.76. The summed E-state index contributed by atoms with van der Waals surface area (Å²) >= 11 is 0. The first-order chi connectivity index (χ1) is 6.54. The number of aromatic nitrogens is 1. The Morgan fingerprint density at radius 2 is 2.21 bits per heavy atom. The lowest BCUT2D eigenvalue weighted by Crippen LogP contribution is -3.01. The van der Waals surface area contributed by atoms with Crippen LogP contribution in [0.15, 0.2) is 12.1 Å². The van der Waals surface area contributed by atoms with Gasteiger partial charge in [-0.1, -0.05) is 0 Å². The Morgan fingerprint density at radius 3 is 2.71 bits per heavy atom. The first-order valence-electron chi connectivity index (χ1n) is 4.21. The largest absolute Gasteiger partial charge is 0.628 e. The molecule has 0 amide bonds. The zero-order chi connectivity index (χ0) is 10.7. The second-order valence-corrected chi connectivity index (χ2v) is 2.89. The van der Waals surface area contributed by atoms with Crippen molar-refractivity contribution >= 4 is 11.5 Å². The second kappa shape index (κ2) is 4.12. The highest BCUT2D eigenvalue weighted by Gasteiger charge is 2.12. The highest BCUT2D eigenvalue weighted by Crippen LogP contribution is 2.14. The average molecular weight is 197 g/mol. The summed E-state index contributed by atoms with van der Waals surface area (Å²) in [5.41, 5.74) is 0.394. The van der Waals surface area contributed by atoms with E-state index < -0.39 is 4.92 Å². The van der Waals surface area contributed by atoms with E-state index >= 15 is 0 Å². The molecule has 0 radical (unpaired) electrons. The number of hydroxylamine groups is 1. The van der Waals surface area contributed by atoms with Crippen molar-refractivity contribution in [2.24, 2.45) is 0 Å². The molecule has 1 N–H and O–H groups in total. The van der Waals surface area contributed by atoms with Crippen LogP contribution in [0.1, 0.15) is 12.6 Å². The van der Waals surface area contributed by atoms with Gasteiger partial charge >= 0.3 is 0 Å².